The van der Waals surface area contributed by atoms with Crippen LogP contribution in [0.4, 0.5) is 13.2 Å². The minimum Gasteiger partial charge on any atom is -0.187 e. The SMILES string of the molecule is CO[P+](=O)OOS(=O)(=O)C(F)(F)F. The normalized spacial score (nSPS) is 14.3. The lowest BCUT2D eigenvalue weighted by Gasteiger charge is -2.01. The van der Waals surface area contributed by atoms with Crippen LogP contribution in [-0.4, -0.2) is 21.0 Å². The lowest BCUT2D eigenvalue weighted by Crippen LogP contribution is -2.24. The van der Waals surface area contributed by atoms with E-state index in [4.69, 9.17) is 0 Å². The second-order valence-electron chi connectivity index (χ2n) is 1.45. The van der Waals surface area contributed by atoms with Crippen LogP contribution in [0.25, 0.3) is 0 Å². The maximum atomic E-state index is 11.5. The van der Waals surface area contributed by atoms with Crippen molar-refractivity contribution in [3.8, 4) is 0 Å². The van der Waals surface area contributed by atoms with Gasteiger partial charge in [-0.3, -0.25) is 0 Å². The van der Waals surface area contributed by atoms with Crippen molar-refractivity contribution in [3.05, 3.63) is 0 Å². The summed E-state index contributed by atoms with van der Waals surface area (Å²) in [4.78, 5) is 0. The van der Waals surface area contributed by atoms with E-state index in [1.165, 1.54) is 0 Å². The highest BCUT2D eigenvalue weighted by Gasteiger charge is 2.50. The van der Waals surface area contributed by atoms with Gasteiger partial charge in [-0.2, -0.15) is 21.6 Å². The van der Waals surface area contributed by atoms with Gasteiger partial charge in [0.1, 0.15) is 0 Å². The molecule has 0 amide bonds. The van der Waals surface area contributed by atoms with Crippen molar-refractivity contribution >= 4 is 18.4 Å². The molecule has 0 fully saturated rings. The quantitative estimate of drug-likeness (QED) is 0.318. The van der Waals surface area contributed by atoms with Crippen molar-refractivity contribution in [2.75, 3.05) is 7.11 Å². The fraction of sp³-hybridized carbons (Fsp3) is 1.00. The van der Waals surface area contributed by atoms with Crippen molar-refractivity contribution in [2.45, 2.75) is 5.51 Å². The van der Waals surface area contributed by atoms with Gasteiger partial charge in [-0.15, -0.1) is 4.52 Å². The smallest absolute Gasteiger partial charge is 0.187 e. The van der Waals surface area contributed by atoms with Crippen LogP contribution in [0.15, 0.2) is 0 Å². The Kier molecular flexibility index (Phi) is 4.20. The molecular formula is C2H3F3O6PS+. The summed E-state index contributed by atoms with van der Waals surface area (Å²) in [5, 5.41) is 0. The molecule has 0 aromatic heterocycles. The average Bonchev–Trinajstić information content (AvgIpc) is 1.98. The zero-order chi connectivity index (χ0) is 10.7. The maximum Gasteiger partial charge on any atom is 0.729 e. The number of hydrogen-bond acceptors (Lipinski definition) is 6. The predicted octanol–water partition coefficient (Wildman–Crippen LogP) is 1.09. The van der Waals surface area contributed by atoms with Gasteiger partial charge in [0.2, 0.25) is 0 Å². The molecule has 78 valence electrons. The predicted molar refractivity (Wildman–Crippen MR) is 31.8 cm³/mol. The first-order valence-corrected chi connectivity index (χ1v) is 4.90. The Morgan fingerprint density at radius 2 is 1.77 bits per heavy atom. The van der Waals surface area contributed by atoms with Gasteiger partial charge in [-0.1, -0.05) is 0 Å². The van der Waals surface area contributed by atoms with Crippen LogP contribution in [0, 0.1) is 0 Å². The summed E-state index contributed by atoms with van der Waals surface area (Å²) >= 11 is 0. The first-order valence-electron chi connectivity index (χ1n) is 2.39. The third-order valence-corrected chi connectivity index (χ3v) is 2.02. The number of alkyl halides is 3. The molecule has 6 nitrogen and oxygen atoms in total. The van der Waals surface area contributed by atoms with Crippen LogP contribution in [0.5, 0.6) is 0 Å². The molecule has 13 heavy (non-hydrogen) atoms. The molecule has 11 heteroatoms. The van der Waals surface area contributed by atoms with E-state index < -0.39 is 23.9 Å². The van der Waals surface area contributed by atoms with Crippen LogP contribution >= 0.6 is 8.25 Å². The van der Waals surface area contributed by atoms with Gasteiger partial charge in [0.15, 0.2) is 0 Å². The Morgan fingerprint density at radius 3 is 2.08 bits per heavy atom. The molecule has 1 unspecified atom stereocenters. The zero-order valence-corrected chi connectivity index (χ0v) is 7.65. The third-order valence-electron chi connectivity index (χ3n) is 0.613. The number of rotatable bonds is 4. The van der Waals surface area contributed by atoms with Gasteiger partial charge in [-0.05, 0) is 4.33 Å². The largest absolute Gasteiger partial charge is 0.729 e. The number of halogens is 3. The van der Waals surface area contributed by atoms with Gasteiger partial charge >= 0.3 is 23.9 Å². The summed E-state index contributed by atoms with van der Waals surface area (Å²) in [5.74, 6) is 0. The molecule has 0 spiro atoms. The van der Waals surface area contributed by atoms with Gasteiger partial charge in [-0.25, -0.2) is 0 Å². The second-order valence-corrected chi connectivity index (χ2v) is 3.92. The maximum absolute atomic E-state index is 11.5. The Bertz CT molecular complexity index is 281. The summed E-state index contributed by atoms with van der Waals surface area (Å²) in [6.07, 6.45) is 0. The minimum absolute atomic E-state index is 0.822. The molecule has 0 N–H and O–H groups in total. The average molecular weight is 243 g/mol. The van der Waals surface area contributed by atoms with Crippen LogP contribution in [-0.2, 0) is 28.2 Å². The van der Waals surface area contributed by atoms with Crippen LogP contribution < -0.4 is 0 Å². The van der Waals surface area contributed by atoms with Crippen LogP contribution in [0.2, 0.25) is 0 Å². The molecule has 1 atom stereocenters. The highest BCUT2D eigenvalue weighted by molar-refractivity contribution is 7.87. The van der Waals surface area contributed by atoms with E-state index in [-0.39, 0.29) is 0 Å². The van der Waals surface area contributed by atoms with Crippen molar-refractivity contribution in [2.24, 2.45) is 0 Å². The summed E-state index contributed by atoms with van der Waals surface area (Å²) in [6, 6.07) is 0. The highest BCUT2D eigenvalue weighted by Crippen LogP contribution is 2.29. The van der Waals surface area contributed by atoms with Crippen LogP contribution in [0.1, 0.15) is 0 Å². The number of hydrogen-bond donors (Lipinski definition) is 0. The lowest BCUT2D eigenvalue weighted by molar-refractivity contribution is -0.130. The highest BCUT2D eigenvalue weighted by atomic mass is 32.2. The van der Waals surface area contributed by atoms with Gasteiger partial charge in [0.05, 0.1) is 11.8 Å². The van der Waals surface area contributed by atoms with E-state index in [2.05, 4.69) is 13.5 Å². The molecule has 0 aromatic rings. The van der Waals surface area contributed by atoms with E-state index in [9.17, 15) is 26.2 Å². The fourth-order valence-corrected chi connectivity index (χ4v) is 0.791. The van der Waals surface area contributed by atoms with Crippen molar-refractivity contribution in [1.82, 2.24) is 0 Å². The summed E-state index contributed by atoms with van der Waals surface area (Å²) in [6.45, 7) is 0. The zero-order valence-electron chi connectivity index (χ0n) is 5.94. The topological polar surface area (TPSA) is 78.9 Å². The van der Waals surface area contributed by atoms with Gasteiger partial charge < -0.3 is 0 Å². The molecule has 0 heterocycles. The van der Waals surface area contributed by atoms with Gasteiger partial charge in [0, 0.05) is 4.57 Å². The molecule has 0 radical (unpaired) electrons. The first kappa shape index (κ1) is 12.7. The first-order chi connectivity index (χ1) is 5.70. The molecule has 0 aliphatic rings. The molecule has 0 rings (SSSR count). The van der Waals surface area contributed by atoms with E-state index in [0.717, 1.165) is 7.11 Å². The second kappa shape index (κ2) is 4.29. The molecule has 0 aliphatic carbocycles. The molecule has 0 saturated carbocycles. The lowest BCUT2D eigenvalue weighted by atomic mass is 11.6. The molecule has 0 aromatic carbocycles. The third kappa shape index (κ3) is 3.96. The summed E-state index contributed by atoms with van der Waals surface area (Å²) in [7, 11) is -8.11. The van der Waals surface area contributed by atoms with E-state index in [0.29, 0.717) is 0 Å². The van der Waals surface area contributed by atoms with Crippen LogP contribution in [0.3, 0.4) is 0 Å². The minimum atomic E-state index is -5.89. The monoisotopic (exact) mass is 243 g/mol. The molecule has 0 aliphatic heterocycles. The van der Waals surface area contributed by atoms with Crippen molar-refractivity contribution < 1.29 is 39.7 Å². The van der Waals surface area contributed by atoms with E-state index in [1.54, 1.807) is 0 Å². The van der Waals surface area contributed by atoms with E-state index in [1.807, 2.05) is 0 Å². The van der Waals surface area contributed by atoms with Crippen molar-refractivity contribution in [3.63, 3.8) is 0 Å². The standard InChI is InChI=1S/C2H3F3O6PS/c1-9-12(6)10-11-13(7,8)2(3,4)5/h1H3/q+1. The molecule has 0 bridgehead atoms. The summed E-state index contributed by atoms with van der Waals surface area (Å²) < 4.78 is 74.5. The molecular weight excluding hydrogens is 240 g/mol. The van der Waals surface area contributed by atoms with Crippen molar-refractivity contribution in [1.29, 1.82) is 0 Å². The molecule has 0 saturated heterocycles. The Labute approximate surface area is 71.6 Å². The summed E-state index contributed by atoms with van der Waals surface area (Å²) in [5.41, 5.74) is -5.63. The fourth-order valence-electron chi connectivity index (χ4n) is 0.134. The Morgan fingerprint density at radius 1 is 1.31 bits per heavy atom. The van der Waals surface area contributed by atoms with E-state index >= 15 is 0 Å². The Hall–Kier alpha value is -0.280. The van der Waals surface area contributed by atoms with Gasteiger partial charge in [0.25, 0.3) is 0 Å². The Balaban J connectivity index is 4.30.